The summed E-state index contributed by atoms with van der Waals surface area (Å²) in [6.07, 6.45) is 1.96. The number of aromatic nitrogens is 1. The summed E-state index contributed by atoms with van der Waals surface area (Å²) in [6.45, 7) is 4.42. The molecule has 1 atom stereocenters. The number of aryl methyl sites for hydroxylation is 2. The molecule has 1 heterocycles. The summed E-state index contributed by atoms with van der Waals surface area (Å²) in [5.74, 6) is 0.435. The van der Waals surface area contributed by atoms with E-state index in [2.05, 4.69) is 10.5 Å². The van der Waals surface area contributed by atoms with Crippen molar-refractivity contribution in [2.45, 2.75) is 39.0 Å². The summed E-state index contributed by atoms with van der Waals surface area (Å²) in [5, 5.41) is 6.96. The summed E-state index contributed by atoms with van der Waals surface area (Å²) in [7, 11) is 0. The van der Waals surface area contributed by atoms with Crippen molar-refractivity contribution in [2.75, 3.05) is 6.54 Å². The van der Waals surface area contributed by atoms with Crippen LogP contribution >= 0.6 is 0 Å². The largest absolute Gasteiger partial charge is 0.361 e. The number of benzene rings is 2. The van der Waals surface area contributed by atoms with Gasteiger partial charge in [0, 0.05) is 24.4 Å². The Hall–Kier alpha value is -2.95. The number of hydrogen-bond donors (Lipinski definition) is 1. The van der Waals surface area contributed by atoms with Crippen molar-refractivity contribution in [3.05, 3.63) is 88.6 Å². The highest BCUT2D eigenvalue weighted by Crippen LogP contribution is 2.28. The van der Waals surface area contributed by atoms with Gasteiger partial charge in [0.25, 0.3) is 0 Å². The van der Waals surface area contributed by atoms with Gasteiger partial charge in [-0.3, -0.25) is 4.79 Å². The second kappa shape index (κ2) is 9.31. The van der Waals surface area contributed by atoms with Crippen LogP contribution in [0, 0.1) is 19.7 Å². The lowest BCUT2D eigenvalue weighted by atomic mass is 9.88. The van der Waals surface area contributed by atoms with E-state index in [1.54, 1.807) is 12.1 Å². The molecule has 0 saturated carbocycles. The number of nitrogens with zero attached hydrogens (tertiary/aromatic N) is 1. The number of rotatable bonds is 8. The molecule has 0 radical (unpaired) electrons. The molecule has 1 unspecified atom stereocenters. The Balaban J connectivity index is 1.59. The molecule has 1 amide bonds. The first-order valence-corrected chi connectivity index (χ1v) is 9.53. The molecular weight excluding hydrogens is 355 g/mol. The third-order valence-electron chi connectivity index (χ3n) is 4.97. The molecule has 3 rings (SSSR count). The van der Waals surface area contributed by atoms with Gasteiger partial charge in [0.1, 0.15) is 11.6 Å². The van der Waals surface area contributed by atoms with Crippen LogP contribution < -0.4 is 5.32 Å². The summed E-state index contributed by atoms with van der Waals surface area (Å²) in [5.41, 5.74) is 3.99. The molecule has 0 bridgehead atoms. The van der Waals surface area contributed by atoms with Gasteiger partial charge in [-0.1, -0.05) is 47.6 Å². The molecule has 2 aromatic carbocycles. The molecule has 0 saturated heterocycles. The van der Waals surface area contributed by atoms with Gasteiger partial charge in [0.05, 0.1) is 5.69 Å². The summed E-state index contributed by atoms with van der Waals surface area (Å²) >= 11 is 0. The molecule has 3 aromatic rings. The van der Waals surface area contributed by atoms with Crippen molar-refractivity contribution in [2.24, 2.45) is 0 Å². The van der Waals surface area contributed by atoms with Crippen LogP contribution in [0.15, 0.2) is 59.1 Å². The van der Waals surface area contributed by atoms with Gasteiger partial charge in [-0.05, 0) is 49.9 Å². The van der Waals surface area contributed by atoms with E-state index in [1.807, 2.05) is 44.2 Å². The van der Waals surface area contributed by atoms with E-state index in [1.165, 1.54) is 12.1 Å². The molecule has 1 aromatic heterocycles. The highest BCUT2D eigenvalue weighted by atomic mass is 19.1. The highest BCUT2D eigenvalue weighted by Gasteiger charge is 2.18. The fourth-order valence-corrected chi connectivity index (χ4v) is 3.42. The predicted molar refractivity (Wildman–Crippen MR) is 107 cm³/mol. The number of carbonyl (C=O) groups excluding carboxylic acids is 1. The van der Waals surface area contributed by atoms with Crippen molar-refractivity contribution < 1.29 is 13.7 Å². The van der Waals surface area contributed by atoms with Crippen LogP contribution in [0.2, 0.25) is 0 Å². The van der Waals surface area contributed by atoms with E-state index >= 15 is 0 Å². The van der Waals surface area contributed by atoms with Crippen LogP contribution in [0.5, 0.6) is 0 Å². The van der Waals surface area contributed by atoms with Gasteiger partial charge in [-0.2, -0.15) is 0 Å². The molecular formula is C23H25FN2O2. The molecule has 28 heavy (non-hydrogen) atoms. The monoisotopic (exact) mass is 380 g/mol. The second-order valence-electron chi connectivity index (χ2n) is 6.98. The zero-order chi connectivity index (χ0) is 19.9. The Kier molecular flexibility index (Phi) is 6.58. The van der Waals surface area contributed by atoms with Gasteiger partial charge < -0.3 is 9.84 Å². The fourth-order valence-electron chi connectivity index (χ4n) is 3.42. The Morgan fingerprint density at radius 2 is 1.75 bits per heavy atom. The average molecular weight is 380 g/mol. The van der Waals surface area contributed by atoms with Crippen molar-refractivity contribution in [3.8, 4) is 0 Å². The lowest BCUT2D eigenvalue weighted by molar-refractivity contribution is -0.121. The van der Waals surface area contributed by atoms with Gasteiger partial charge in [0.2, 0.25) is 5.91 Å². The zero-order valence-corrected chi connectivity index (χ0v) is 16.2. The fraction of sp³-hybridized carbons (Fsp3) is 0.304. The van der Waals surface area contributed by atoms with E-state index < -0.39 is 0 Å². The minimum Gasteiger partial charge on any atom is -0.361 e. The van der Waals surface area contributed by atoms with E-state index in [4.69, 9.17) is 4.52 Å². The topological polar surface area (TPSA) is 55.1 Å². The number of amides is 1. The molecule has 0 aliphatic heterocycles. The molecule has 0 aliphatic rings. The molecule has 4 nitrogen and oxygen atoms in total. The molecule has 0 fully saturated rings. The van der Waals surface area contributed by atoms with Crippen LogP contribution in [0.25, 0.3) is 0 Å². The molecule has 0 aliphatic carbocycles. The average Bonchev–Trinajstić information content (AvgIpc) is 3.03. The minimum absolute atomic E-state index is 0.0167. The van der Waals surface area contributed by atoms with E-state index in [9.17, 15) is 9.18 Å². The van der Waals surface area contributed by atoms with Gasteiger partial charge in [-0.25, -0.2) is 4.39 Å². The normalized spacial score (nSPS) is 12.0. The maximum absolute atomic E-state index is 13.3. The first kappa shape index (κ1) is 19.8. The van der Waals surface area contributed by atoms with Crippen molar-refractivity contribution in [1.29, 1.82) is 0 Å². The lowest BCUT2D eigenvalue weighted by Gasteiger charge is -2.18. The van der Waals surface area contributed by atoms with Crippen molar-refractivity contribution in [3.63, 3.8) is 0 Å². The van der Waals surface area contributed by atoms with Crippen molar-refractivity contribution in [1.82, 2.24) is 10.5 Å². The predicted octanol–water partition coefficient (Wildman–Crippen LogP) is 4.70. The first-order chi connectivity index (χ1) is 13.5. The minimum atomic E-state index is -0.278. The highest BCUT2D eigenvalue weighted by molar-refractivity contribution is 5.77. The summed E-state index contributed by atoms with van der Waals surface area (Å²) in [4.78, 5) is 12.5. The number of hydrogen-bond acceptors (Lipinski definition) is 3. The van der Waals surface area contributed by atoms with Crippen LogP contribution in [0.3, 0.4) is 0 Å². The number of carbonyl (C=O) groups is 1. The van der Waals surface area contributed by atoms with E-state index in [-0.39, 0.29) is 17.6 Å². The Morgan fingerprint density at radius 3 is 2.39 bits per heavy atom. The van der Waals surface area contributed by atoms with E-state index in [0.29, 0.717) is 13.0 Å². The van der Waals surface area contributed by atoms with Crippen LogP contribution in [-0.2, 0) is 11.2 Å². The standard InChI is InChI=1S/C23H25FN2O2/c1-16-21(17(2)28-26-16)9-6-14-25-23(27)15-22(18-7-4-3-5-8-18)19-10-12-20(24)13-11-19/h3-5,7-8,10-13,22H,6,9,14-15H2,1-2H3,(H,25,27). The zero-order valence-electron chi connectivity index (χ0n) is 16.2. The quantitative estimate of drug-likeness (QED) is 0.576. The number of halogens is 1. The third-order valence-corrected chi connectivity index (χ3v) is 4.97. The van der Waals surface area contributed by atoms with Crippen molar-refractivity contribution >= 4 is 5.91 Å². The Morgan fingerprint density at radius 1 is 1.07 bits per heavy atom. The Labute approximate surface area is 164 Å². The van der Waals surface area contributed by atoms with Gasteiger partial charge >= 0.3 is 0 Å². The number of nitrogens with one attached hydrogen (secondary N) is 1. The van der Waals surface area contributed by atoms with E-state index in [0.717, 1.165) is 41.0 Å². The SMILES string of the molecule is Cc1noc(C)c1CCCNC(=O)CC(c1ccccc1)c1ccc(F)cc1. The first-order valence-electron chi connectivity index (χ1n) is 9.53. The lowest BCUT2D eigenvalue weighted by Crippen LogP contribution is -2.26. The molecule has 5 heteroatoms. The van der Waals surface area contributed by atoms with Gasteiger partial charge in [-0.15, -0.1) is 0 Å². The van der Waals surface area contributed by atoms with Crippen LogP contribution in [0.4, 0.5) is 4.39 Å². The maximum Gasteiger partial charge on any atom is 0.220 e. The smallest absolute Gasteiger partial charge is 0.220 e. The van der Waals surface area contributed by atoms with Gasteiger partial charge in [0.15, 0.2) is 0 Å². The third kappa shape index (κ3) is 5.06. The second-order valence-corrected chi connectivity index (χ2v) is 6.98. The molecule has 1 N–H and O–H groups in total. The van der Waals surface area contributed by atoms with Crippen LogP contribution in [0.1, 0.15) is 46.9 Å². The summed E-state index contributed by atoms with van der Waals surface area (Å²) in [6, 6.07) is 16.2. The molecule has 0 spiro atoms. The Bertz CT molecular complexity index is 885. The van der Waals surface area contributed by atoms with Crippen LogP contribution in [-0.4, -0.2) is 17.6 Å². The maximum atomic E-state index is 13.3. The summed E-state index contributed by atoms with van der Waals surface area (Å²) < 4.78 is 18.5. The molecule has 146 valence electrons.